The number of hydrogen-bond acceptors (Lipinski definition) is 4. The van der Waals surface area contributed by atoms with Crippen molar-refractivity contribution in [3.05, 3.63) is 206 Å². The van der Waals surface area contributed by atoms with E-state index in [9.17, 15) is 0 Å². The molecule has 0 aliphatic heterocycles. The van der Waals surface area contributed by atoms with E-state index in [1.54, 1.807) is 0 Å². The van der Waals surface area contributed by atoms with Crippen molar-refractivity contribution in [2.45, 2.75) is 0 Å². The molecule has 1 aromatic heterocycles. The zero-order valence-electron chi connectivity index (χ0n) is 32.0. The topological polar surface area (TPSA) is 64.7 Å². The van der Waals surface area contributed by atoms with Crippen LogP contribution in [0.15, 0.2) is 206 Å². The van der Waals surface area contributed by atoms with Gasteiger partial charge >= 0.3 is 0 Å². The zero-order valence-corrected chi connectivity index (χ0v) is 32.0. The van der Waals surface area contributed by atoms with Gasteiger partial charge in [-0.2, -0.15) is 0 Å². The van der Waals surface area contributed by atoms with E-state index in [4.69, 9.17) is 20.7 Å². The van der Waals surface area contributed by atoms with Gasteiger partial charge in [-0.1, -0.05) is 182 Å². The van der Waals surface area contributed by atoms with Crippen LogP contribution < -0.4 is 5.73 Å². The average molecular weight is 753 g/mol. The van der Waals surface area contributed by atoms with Gasteiger partial charge in [-0.05, 0) is 102 Å². The van der Waals surface area contributed by atoms with E-state index < -0.39 is 0 Å². The predicted molar refractivity (Wildman–Crippen MR) is 244 cm³/mol. The Hall–Kier alpha value is -7.95. The van der Waals surface area contributed by atoms with Crippen LogP contribution in [0.1, 0.15) is 0 Å². The van der Waals surface area contributed by atoms with Crippen molar-refractivity contribution in [2.75, 3.05) is 5.73 Å². The lowest BCUT2D eigenvalue weighted by atomic mass is 9.82. The third-order valence-corrected chi connectivity index (χ3v) is 11.4. The number of nitrogen functional groups attached to an aromatic ring is 1. The molecule has 1 aliphatic rings. The molecule has 0 saturated heterocycles. The molecule has 10 aromatic rings. The van der Waals surface area contributed by atoms with Gasteiger partial charge in [-0.3, -0.25) is 0 Å². The summed E-state index contributed by atoms with van der Waals surface area (Å²) in [5.74, 6) is 1.85. The highest BCUT2D eigenvalue weighted by Crippen LogP contribution is 2.57. The number of aromatic nitrogens is 3. The molecule has 0 radical (unpaired) electrons. The standard InChI is InChI=1S/C55H36N4/c56-44-31-29-35(30-32-44)42-21-10-22-43(33-42)55-58-53(40-17-8-3-9-18-40)57-54(59-55)41-27-25-37(26-28-41)47-34-48(36-13-4-1-5-14-36)51-45-23-11-19-38-20-12-24-46(49(38)45)52(51)50(47)39-15-6-2-7-16-39/h1-34H,56H2. The largest absolute Gasteiger partial charge is 0.399 e. The van der Waals surface area contributed by atoms with Gasteiger partial charge in [0.2, 0.25) is 0 Å². The van der Waals surface area contributed by atoms with Crippen LogP contribution in [-0.4, -0.2) is 15.0 Å². The van der Waals surface area contributed by atoms with Gasteiger partial charge in [-0.15, -0.1) is 0 Å². The molecule has 4 heteroatoms. The maximum absolute atomic E-state index is 6.00. The van der Waals surface area contributed by atoms with Gasteiger partial charge in [0.1, 0.15) is 0 Å². The van der Waals surface area contributed by atoms with E-state index in [1.165, 1.54) is 60.8 Å². The van der Waals surface area contributed by atoms with Gasteiger partial charge < -0.3 is 5.73 Å². The summed E-state index contributed by atoms with van der Waals surface area (Å²) in [4.78, 5) is 15.2. The van der Waals surface area contributed by atoms with E-state index in [1.807, 2.05) is 60.7 Å². The third-order valence-electron chi connectivity index (χ3n) is 11.4. The SMILES string of the molecule is Nc1ccc(-c2cccc(-c3nc(-c4ccccc4)nc(-c4ccc(-c5cc(-c6ccccc6)c6c(c5-c5ccccc5)-c5cccc7cccc-6c57)cc4)n3)c2)cc1. The fraction of sp³-hybridized carbons (Fsp3) is 0. The van der Waals surface area contributed by atoms with Crippen molar-refractivity contribution in [1.29, 1.82) is 0 Å². The van der Waals surface area contributed by atoms with Crippen molar-refractivity contribution in [1.82, 2.24) is 15.0 Å². The first-order valence-corrected chi connectivity index (χ1v) is 19.9. The second-order valence-electron chi connectivity index (χ2n) is 15.0. The summed E-state index contributed by atoms with van der Waals surface area (Å²) in [7, 11) is 0. The van der Waals surface area contributed by atoms with Gasteiger partial charge in [0.15, 0.2) is 17.5 Å². The second kappa shape index (κ2) is 14.2. The lowest BCUT2D eigenvalue weighted by Crippen LogP contribution is -2.00. The van der Waals surface area contributed by atoms with Crippen LogP contribution >= 0.6 is 0 Å². The van der Waals surface area contributed by atoms with Crippen LogP contribution in [0.25, 0.3) is 112 Å². The second-order valence-corrected chi connectivity index (χ2v) is 15.0. The number of benzene rings is 9. The maximum Gasteiger partial charge on any atom is 0.164 e. The van der Waals surface area contributed by atoms with Crippen molar-refractivity contribution in [2.24, 2.45) is 0 Å². The van der Waals surface area contributed by atoms with E-state index in [0.717, 1.165) is 39.1 Å². The quantitative estimate of drug-likeness (QED) is 0.165. The maximum atomic E-state index is 6.00. The molecule has 1 heterocycles. The highest BCUT2D eigenvalue weighted by molar-refractivity contribution is 6.22. The van der Waals surface area contributed by atoms with Crippen LogP contribution in [0.5, 0.6) is 0 Å². The molecule has 0 unspecified atom stereocenters. The molecule has 276 valence electrons. The lowest BCUT2D eigenvalue weighted by Gasteiger charge is -2.21. The molecule has 4 nitrogen and oxygen atoms in total. The predicted octanol–water partition coefficient (Wildman–Crippen LogP) is 13.9. The van der Waals surface area contributed by atoms with Crippen molar-refractivity contribution in [3.63, 3.8) is 0 Å². The molecule has 9 aromatic carbocycles. The van der Waals surface area contributed by atoms with Crippen molar-refractivity contribution in [3.8, 4) is 101 Å². The fourth-order valence-electron chi connectivity index (χ4n) is 8.63. The summed E-state index contributed by atoms with van der Waals surface area (Å²) in [6.45, 7) is 0. The van der Waals surface area contributed by atoms with Crippen LogP contribution in [-0.2, 0) is 0 Å². The summed E-state index contributed by atoms with van der Waals surface area (Å²) in [6.07, 6.45) is 0. The Morgan fingerprint density at radius 1 is 0.271 bits per heavy atom. The minimum Gasteiger partial charge on any atom is -0.399 e. The highest BCUT2D eigenvalue weighted by Gasteiger charge is 2.30. The van der Waals surface area contributed by atoms with Crippen molar-refractivity contribution >= 4 is 16.5 Å². The summed E-state index contributed by atoms with van der Waals surface area (Å²) in [5, 5.41) is 2.56. The Bertz CT molecular complexity index is 3170. The number of hydrogen-bond donors (Lipinski definition) is 1. The first-order valence-electron chi connectivity index (χ1n) is 19.9. The number of fused-ring (bicyclic) bond motifs is 3. The smallest absolute Gasteiger partial charge is 0.164 e. The van der Waals surface area contributed by atoms with E-state index >= 15 is 0 Å². The Kier molecular flexibility index (Phi) is 8.26. The number of anilines is 1. The van der Waals surface area contributed by atoms with Crippen LogP contribution in [0.3, 0.4) is 0 Å². The molecule has 0 amide bonds. The van der Waals surface area contributed by atoms with Gasteiger partial charge in [-0.25, -0.2) is 15.0 Å². The summed E-state index contributed by atoms with van der Waals surface area (Å²) in [6, 6.07) is 72.5. The molecular formula is C55H36N4. The first kappa shape index (κ1) is 34.3. The third kappa shape index (κ3) is 6.06. The molecule has 1 aliphatic carbocycles. The van der Waals surface area contributed by atoms with E-state index in [2.05, 4.69) is 146 Å². The van der Waals surface area contributed by atoms with E-state index in [0.29, 0.717) is 17.5 Å². The number of nitrogens with zero attached hydrogens (tertiary/aromatic N) is 3. The Morgan fingerprint density at radius 3 is 1.36 bits per heavy atom. The lowest BCUT2D eigenvalue weighted by molar-refractivity contribution is 1.07. The number of rotatable bonds is 7. The van der Waals surface area contributed by atoms with Crippen LogP contribution in [0.4, 0.5) is 5.69 Å². The van der Waals surface area contributed by atoms with Crippen LogP contribution in [0, 0.1) is 0 Å². The molecule has 0 spiro atoms. The molecule has 2 N–H and O–H groups in total. The highest BCUT2D eigenvalue weighted by atomic mass is 15.0. The summed E-state index contributed by atoms with van der Waals surface area (Å²) < 4.78 is 0. The summed E-state index contributed by atoms with van der Waals surface area (Å²) in [5.41, 5.74) is 23.9. The first-order chi connectivity index (χ1) is 29.2. The van der Waals surface area contributed by atoms with E-state index in [-0.39, 0.29) is 0 Å². The molecule has 11 rings (SSSR count). The summed E-state index contributed by atoms with van der Waals surface area (Å²) >= 11 is 0. The van der Waals surface area contributed by atoms with Crippen molar-refractivity contribution < 1.29 is 0 Å². The van der Waals surface area contributed by atoms with Gasteiger partial charge in [0, 0.05) is 22.4 Å². The Labute approximate surface area is 343 Å². The average Bonchev–Trinajstić information content (AvgIpc) is 3.65. The van der Waals surface area contributed by atoms with Gasteiger partial charge in [0.05, 0.1) is 0 Å². The molecule has 59 heavy (non-hydrogen) atoms. The Morgan fingerprint density at radius 2 is 0.712 bits per heavy atom. The minimum absolute atomic E-state index is 0.612. The molecule has 0 atom stereocenters. The molecule has 0 bridgehead atoms. The molecule has 0 saturated carbocycles. The zero-order chi connectivity index (χ0) is 39.3. The monoisotopic (exact) mass is 752 g/mol. The van der Waals surface area contributed by atoms with Crippen LogP contribution in [0.2, 0.25) is 0 Å². The minimum atomic E-state index is 0.612. The molecular weight excluding hydrogens is 717 g/mol. The van der Waals surface area contributed by atoms with Gasteiger partial charge in [0.25, 0.3) is 0 Å². The Balaban J connectivity index is 1.09. The number of nitrogens with two attached hydrogens (primary N) is 1. The molecule has 0 fully saturated rings. The fourth-order valence-corrected chi connectivity index (χ4v) is 8.63. The normalized spacial score (nSPS) is 11.5.